The molecule has 0 spiro atoms. The van der Waals surface area contributed by atoms with Crippen LogP contribution in [-0.4, -0.2) is 44.7 Å². The fraction of sp³-hybridized carbons (Fsp3) is 0.278. The maximum absolute atomic E-state index is 13.9. The molecule has 0 unspecified atom stereocenters. The van der Waals surface area contributed by atoms with Crippen molar-refractivity contribution in [2.24, 2.45) is 0 Å². The summed E-state index contributed by atoms with van der Waals surface area (Å²) in [5, 5.41) is 10.6. The summed E-state index contributed by atoms with van der Waals surface area (Å²) in [6, 6.07) is 7.74. The molecule has 0 atom stereocenters. The van der Waals surface area contributed by atoms with Gasteiger partial charge in [-0.2, -0.15) is 0 Å². The summed E-state index contributed by atoms with van der Waals surface area (Å²) < 4.78 is 19.6. The van der Waals surface area contributed by atoms with Gasteiger partial charge in [-0.25, -0.2) is 19.2 Å². The number of anilines is 1. The van der Waals surface area contributed by atoms with E-state index >= 15 is 0 Å². The number of aromatic amines is 1. The molecule has 7 nitrogen and oxygen atoms in total. The Kier molecular flexibility index (Phi) is 3.95. The topological polar surface area (TPSA) is 91.3 Å². The smallest absolute Gasteiger partial charge is 0.348 e. The maximum Gasteiger partial charge on any atom is 0.348 e. The number of hydrogen-bond acceptors (Lipinski definition) is 5. The Bertz CT molecular complexity index is 950. The lowest BCUT2D eigenvalue weighted by molar-refractivity contribution is -0.157. The van der Waals surface area contributed by atoms with Gasteiger partial charge in [-0.15, -0.1) is 0 Å². The number of halogens is 1. The Morgan fingerprint density at radius 1 is 1.23 bits per heavy atom. The molecule has 1 saturated heterocycles. The Labute approximate surface area is 148 Å². The van der Waals surface area contributed by atoms with Crippen LogP contribution >= 0.6 is 0 Å². The lowest BCUT2D eigenvalue weighted by Crippen LogP contribution is -2.53. The van der Waals surface area contributed by atoms with E-state index in [1.54, 1.807) is 12.3 Å². The molecule has 1 aliphatic rings. The van der Waals surface area contributed by atoms with E-state index < -0.39 is 17.4 Å². The van der Waals surface area contributed by atoms with E-state index in [0.717, 1.165) is 16.9 Å². The predicted octanol–water partition coefficient (Wildman–Crippen LogP) is 2.60. The van der Waals surface area contributed by atoms with Crippen LogP contribution in [0.3, 0.4) is 0 Å². The second-order valence-corrected chi connectivity index (χ2v) is 6.26. The molecular formula is C18H17FN4O3. The van der Waals surface area contributed by atoms with Crippen molar-refractivity contribution >= 4 is 22.8 Å². The van der Waals surface area contributed by atoms with Crippen molar-refractivity contribution in [1.29, 1.82) is 0 Å². The van der Waals surface area contributed by atoms with Crippen LogP contribution < -0.4 is 9.64 Å². The van der Waals surface area contributed by atoms with E-state index in [1.165, 1.54) is 24.5 Å². The fourth-order valence-electron chi connectivity index (χ4n) is 3.29. The number of hydrogen-bond donors (Lipinski definition) is 2. The molecule has 0 saturated carbocycles. The van der Waals surface area contributed by atoms with Crippen LogP contribution in [0.5, 0.6) is 5.75 Å². The number of rotatable bonds is 4. The second kappa shape index (κ2) is 6.29. The molecule has 1 aliphatic heterocycles. The van der Waals surface area contributed by atoms with Gasteiger partial charge in [-0.05, 0) is 18.2 Å². The number of carbonyl (C=O) groups is 1. The van der Waals surface area contributed by atoms with Gasteiger partial charge in [0.05, 0.1) is 5.39 Å². The monoisotopic (exact) mass is 356 g/mol. The zero-order valence-corrected chi connectivity index (χ0v) is 13.9. The highest BCUT2D eigenvalue weighted by molar-refractivity contribution is 5.87. The number of para-hydroxylation sites is 1. The first-order chi connectivity index (χ1) is 12.6. The number of aliphatic carboxylic acids is 1. The summed E-state index contributed by atoms with van der Waals surface area (Å²) in [7, 11) is 0. The molecule has 8 heteroatoms. The summed E-state index contributed by atoms with van der Waals surface area (Å²) in [5.41, 5.74) is -0.726. The molecule has 0 amide bonds. The van der Waals surface area contributed by atoms with Gasteiger partial charge in [0, 0.05) is 32.1 Å². The first-order valence-corrected chi connectivity index (χ1v) is 8.29. The van der Waals surface area contributed by atoms with Gasteiger partial charge in [-0.3, -0.25) is 0 Å². The van der Waals surface area contributed by atoms with Crippen molar-refractivity contribution in [1.82, 2.24) is 15.0 Å². The van der Waals surface area contributed by atoms with E-state index in [1.807, 2.05) is 11.0 Å². The average molecular weight is 356 g/mol. The lowest BCUT2D eigenvalue weighted by Gasteiger charge is -2.39. The van der Waals surface area contributed by atoms with E-state index in [9.17, 15) is 14.3 Å². The second-order valence-electron chi connectivity index (χ2n) is 6.26. The van der Waals surface area contributed by atoms with Crippen LogP contribution in [0.1, 0.15) is 12.8 Å². The number of benzene rings is 1. The largest absolute Gasteiger partial charge is 0.478 e. The fourth-order valence-corrected chi connectivity index (χ4v) is 3.29. The number of fused-ring (bicyclic) bond motifs is 1. The highest BCUT2D eigenvalue weighted by atomic mass is 19.1. The minimum atomic E-state index is -1.46. The number of aromatic nitrogens is 3. The third kappa shape index (κ3) is 2.73. The van der Waals surface area contributed by atoms with Crippen LogP contribution in [-0.2, 0) is 4.79 Å². The lowest BCUT2D eigenvalue weighted by atomic mass is 9.91. The van der Waals surface area contributed by atoms with E-state index in [-0.39, 0.29) is 18.6 Å². The number of ether oxygens (including phenoxy) is 1. The summed E-state index contributed by atoms with van der Waals surface area (Å²) in [6.45, 7) is 0.857. The molecule has 2 aromatic heterocycles. The van der Waals surface area contributed by atoms with Gasteiger partial charge in [0.2, 0.25) is 5.60 Å². The van der Waals surface area contributed by atoms with Crippen LogP contribution in [0.25, 0.3) is 11.0 Å². The van der Waals surface area contributed by atoms with Crippen LogP contribution in [0.15, 0.2) is 42.9 Å². The summed E-state index contributed by atoms with van der Waals surface area (Å²) in [4.78, 5) is 25.5. The minimum Gasteiger partial charge on any atom is -0.478 e. The highest BCUT2D eigenvalue weighted by Gasteiger charge is 2.45. The minimum absolute atomic E-state index is 0.0431. The van der Waals surface area contributed by atoms with Gasteiger partial charge in [0.15, 0.2) is 11.6 Å². The standard InChI is InChI=1S/C18H17FN4O3/c19-13-3-1-2-4-14(13)26-18(17(24)25)6-9-23(10-7-18)16-12-5-8-20-15(12)21-11-22-16/h1-5,8,11H,6-7,9-10H2,(H,24,25)(H,20,21,22). The normalized spacial score (nSPS) is 16.6. The molecule has 3 heterocycles. The third-order valence-electron chi connectivity index (χ3n) is 4.74. The van der Waals surface area contributed by atoms with Crippen molar-refractivity contribution in [2.75, 3.05) is 18.0 Å². The maximum atomic E-state index is 13.9. The van der Waals surface area contributed by atoms with Gasteiger partial charge in [0.25, 0.3) is 0 Å². The first-order valence-electron chi connectivity index (χ1n) is 8.29. The molecule has 1 aromatic carbocycles. The van der Waals surface area contributed by atoms with Crippen LogP contribution in [0.2, 0.25) is 0 Å². The molecular weight excluding hydrogens is 339 g/mol. The van der Waals surface area contributed by atoms with Gasteiger partial charge >= 0.3 is 5.97 Å². The van der Waals surface area contributed by atoms with Crippen molar-refractivity contribution in [3.05, 3.63) is 48.7 Å². The van der Waals surface area contributed by atoms with E-state index in [4.69, 9.17) is 4.74 Å². The highest BCUT2D eigenvalue weighted by Crippen LogP contribution is 2.33. The van der Waals surface area contributed by atoms with Crippen molar-refractivity contribution < 1.29 is 19.0 Å². The molecule has 2 N–H and O–H groups in total. The number of H-pyrrole nitrogens is 1. The van der Waals surface area contributed by atoms with Crippen molar-refractivity contribution in [2.45, 2.75) is 18.4 Å². The average Bonchev–Trinajstić information content (AvgIpc) is 3.13. The SMILES string of the molecule is O=C(O)C1(Oc2ccccc2F)CCN(c2ncnc3[nH]ccc23)CC1. The molecule has 0 bridgehead atoms. The first kappa shape index (κ1) is 16.3. The summed E-state index contributed by atoms with van der Waals surface area (Å²) in [6.07, 6.45) is 3.69. The third-order valence-corrected chi connectivity index (χ3v) is 4.74. The van der Waals surface area contributed by atoms with E-state index in [2.05, 4.69) is 15.0 Å². The van der Waals surface area contributed by atoms with Crippen LogP contribution in [0.4, 0.5) is 10.2 Å². The molecule has 0 aliphatic carbocycles. The van der Waals surface area contributed by atoms with Gasteiger partial charge in [0.1, 0.15) is 17.8 Å². The number of carboxylic acids is 1. The zero-order valence-electron chi connectivity index (χ0n) is 13.9. The quantitative estimate of drug-likeness (QED) is 0.747. The summed E-state index contributed by atoms with van der Waals surface area (Å²) in [5.74, 6) is -0.949. The van der Waals surface area contributed by atoms with E-state index in [0.29, 0.717) is 13.1 Å². The van der Waals surface area contributed by atoms with Gasteiger partial charge < -0.3 is 19.7 Å². The Hall–Kier alpha value is -3.16. The number of nitrogens with one attached hydrogen (secondary N) is 1. The number of piperidine rings is 1. The Morgan fingerprint density at radius 2 is 2.00 bits per heavy atom. The number of carboxylic acid groups (broad SMARTS) is 1. The summed E-state index contributed by atoms with van der Waals surface area (Å²) >= 11 is 0. The number of nitrogens with zero attached hydrogens (tertiary/aromatic N) is 3. The molecule has 3 aromatic rings. The molecule has 0 radical (unpaired) electrons. The predicted molar refractivity (Wildman–Crippen MR) is 92.7 cm³/mol. The van der Waals surface area contributed by atoms with Crippen molar-refractivity contribution in [3.8, 4) is 5.75 Å². The van der Waals surface area contributed by atoms with Crippen LogP contribution in [0, 0.1) is 5.82 Å². The Morgan fingerprint density at radius 3 is 2.73 bits per heavy atom. The molecule has 4 rings (SSSR count). The Balaban J connectivity index is 1.57. The van der Waals surface area contributed by atoms with Crippen molar-refractivity contribution in [3.63, 3.8) is 0 Å². The molecule has 134 valence electrons. The molecule has 1 fully saturated rings. The zero-order chi connectivity index (χ0) is 18.1. The molecule has 26 heavy (non-hydrogen) atoms. The van der Waals surface area contributed by atoms with Gasteiger partial charge in [-0.1, -0.05) is 12.1 Å².